The second kappa shape index (κ2) is 7.72. The fourth-order valence-electron chi connectivity index (χ4n) is 3.38. The van der Waals surface area contributed by atoms with E-state index in [2.05, 4.69) is 15.4 Å². The van der Waals surface area contributed by atoms with Crippen molar-refractivity contribution in [3.05, 3.63) is 101 Å². The summed E-state index contributed by atoms with van der Waals surface area (Å²) in [6, 6.07) is 19.6. The third-order valence-corrected chi connectivity index (χ3v) is 5.70. The molecule has 0 fully saturated rings. The van der Waals surface area contributed by atoms with E-state index in [-0.39, 0.29) is 11.7 Å². The summed E-state index contributed by atoms with van der Waals surface area (Å²) in [6.07, 6.45) is 1.12. The van der Waals surface area contributed by atoms with E-state index in [9.17, 15) is 9.18 Å². The van der Waals surface area contributed by atoms with Crippen LogP contribution in [-0.4, -0.2) is 21.1 Å². The lowest BCUT2D eigenvalue weighted by Gasteiger charge is -2.33. The number of rotatable bonds is 3. The van der Waals surface area contributed by atoms with E-state index in [0.29, 0.717) is 38.5 Å². The number of fused-ring (bicyclic) bond motifs is 2. The molecule has 1 atom stereocenters. The van der Waals surface area contributed by atoms with Gasteiger partial charge in [-0.15, -0.1) is 5.10 Å². The molecule has 1 amide bonds. The van der Waals surface area contributed by atoms with Crippen LogP contribution < -0.4 is 15.9 Å². The molecule has 8 heteroatoms. The van der Waals surface area contributed by atoms with Crippen molar-refractivity contribution in [3.63, 3.8) is 0 Å². The molecule has 0 radical (unpaired) electrons. The number of carbonyl (C=O) groups excluding carboxylic acids is 1. The van der Waals surface area contributed by atoms with Crippen LogP contribution in [0.5, 0.6) is 0 Å². The zero-order valence-electron chi connectivity index (χ0n) is 15.7. The molecule has 6 nitrogen and oxygen atoms in total. The molecule has 30 heavy (non-hydrogen) atoms. The molecule has 5 rings (SSSR count). The molecule has 1 unspecified atom stereocenters. The number of aromatic nitrogens is 1. The van der Waals surface area contributed by atoms with Crippen molar-refractivity contribution in [2.24, 2.45) is 10.1 Å². The van der Waals surface area contributed by atoms with E-state index in [1.807, 2.05) is 42.5 Å². The number of carbonyl (C=O) groups is 1. The first-order valence-corrected chi connectivity index (χ1v) is 10.3. The van der Waals surface area contributed by atoms with Gasteiger partial charge in [-0.05, 0) is 29.8 Å². The van der Waals surface area contributed by atoms with Crippen LogP contribution in [0.2, 0.25) is 0 Å². The summed E-state index contributed by atoms with van der Waals surface area (Å²) in [4.78, 5) is 22.2. The van der Waals surface area contributed by atoms with Crippen molar-refractivity contribution in [1.29, 1.82) is 0 Å². The van der Waals surface area contributed by atoms with Crippen molar-refractivity contribution in [1.82, 2.24) is 15.3 Å². The van der Waals surface area contributed by atoms with Gasteiger partial charge >= 0.3 is 0 Å². The lowest BCUT2D eigenvalue weighted by molar-refractivity contribution is -0.116. The fraction of sp³-hybridized carbons (Fsp3) is 0.0909. The summed E-state index contributed by atoms with van der Waals surface area (Å²) in [5, 5.41) is 10.9. The molecule has 0 saturated heterocycles. The maximum Gasteiger partial charge on any atom is 0.276 e. The Morgan fingerprint density at radius 2 is 1.83 bits per heavy atom. The molecule has 148 valence electrons. The van der Waals surface area contributed by atoms with E-state index in [4.69, 9.17) is 4.99 Å². The molecule has 0 aliphatic carbocycles. The molecule has 2 aromatic carbocycles. The van der Waals surface area contributed by atoms with Crippen molar-refractivity contribution in [2.45, 2.75) is 11.9 Å². The highest BCUT2D eigenvalue weighted by Gasteiger charge is 2.34. The number of nitrogens with one attached hydrogen (secondary N) is 1. The third kappa shape index (κ3) is 3.35. The maximum atomic E-state index is 14.0. The van der Waals surface area contributed by atoms with Crippen molar-refractivity contribution >= 4 is 28.5 Å². The van der Waals surface area contributed by atoms with Gasteiger partial charge in [0.15, 0.2) is 11.3 Å². The van der Waals surface area contributed by atoms with Crippen molar-refractivity contribution in [3.8, 4) is 0 Å². The number of nitrogens with zero attached hydrogens (tertiary/aromatic N) is 4. The molecule has 0 saturated carbocycles. The lowest BCUT2D eigenvalue weighted by atomic mass is 10.1. The zero-order chi connectivity index (χ0) is 20.5. The van der Waals surface area contributed by atoms with Crippen LogP contribution in [0.15, 0.2) is 83.0 Å². The Bertz CT molecular complexity index is 1280. The Kier molecular flexibility index (Phi) is 4.76. The van der Waals surface area contributed by atoms with E-state index in [1.54, 1.807) is 29.4 Å². The Hall–Kier alpha value is -3.52. The van der Waals surface area contributed by atoms with Crippen LogP contribution in [0.25, 0.3) is 5.70 Å². The normalized spacial score (nSPS) is 17.4. The van der Waals surface area contributed by atoms with E-state index in [1.165, 1.54) is 17.8 Å². The summed E-state index contributed by atoms with van der Waals surface area (Å²) in [5.41, 5.74) is 1.65. The van der Waals surface area contributed by atoms with Gasteiger partial charge in [-0.3, -0.25) is 20.1 Å². The van der Waals surface area contributed by atoms with Gasteiger partial charge in [0.05, 0.1) is 11.1 Å². The quantitative estimate of drug-likeness (QED) is 0.710. The first kappa shape index (κ1) is 18.5. The van der Waals surface area contributed by atoms with Crippen LogP contribution in [-0.2, 0) is 10.5 Å². The molecular weight excluding hydrogens is 401 g/mol. The highest BCUT2D eigenvalue weighted by Crippen LogP contribution is 2.30. The second-order valence-corrected chi connectivity index (χ2v) is 7.67. The predicted octanol–water partition coefficient (Wildman–Crippen LogP) is 2.30. The van der Waals surface area contributed by atoms with Gasteiger partial charge in [-0.1, -0.05) is 54.2 Å². The van der Waals surface area contributed by atoms with Crippen LogP contribution in [0.3, 0.4) is 0 Å². The number of hydrogen-bond acceptors (Lipinski definition) is 6. The average Bonchev–Trinajstić information content (AvgIpc) is 2.78. The number of hydrogen-bond donors (Lipinski definition) is 1. The topological polar surface area (TPSA) is 70.0 Å². The summed E-state index contributed by atoms with van der Waals surface area (Å²) in [6.45, 7) is 0. The summed E-state index contributed by atoms with van der Waals surface area (Å²) < 4.78 is 14.0. The SMILES string of the molecule is O=C1NC(SCc2ccccc2F)=NN2C1=c1ccccc1=NC2c1ccccn1. The molecule has 0 bridgehead atoms. The number of hydrazone groups is 1. The minimum absolute atomic E-state index is 0.274. The molecule has 2 aliphatic rings. The van der Waals surface area contributed by atoms with Crippen LogP contribution in [0.4, 0.5) is 4.39 Å². The van der Waals surface area contributed by atoms with Crippen molar-refractivity contribution < 1.29 is 9.18 Å². The van der Waals surface area contributed by atoms with Crippen molar-refractivity contribution in [2.75, 3.05) is 0 Å². The average molecular weight is 417 g/mol. The number of benzene rings is 2. The Balaban J connectivity index is 1.56. The number of thioether (sulfide) groups is 1. The van der Waals surface area contributed by atoms with Crippen LogP contribution in [0, 0.1) is 5.82 Å². The minimum atomic E-state index is -0.564. The predicted molar refractivity (Wildman–Crippen MR) is 113 cm³/mol. The number of amidine groups is 1. The van der Waals surface area contributed by atoms with Gasteiger partial charge in [-0.25, -0.2) is 9.40 Å². The largest absolute Gasteiger partial charge is 0.298 e. The lowest BCUT2D eigenvalue weighted by Crippen LogP contribution is -2.50. The van der Waals surface area contributed by atoms with E-state index < -0.39 is 6.17 Å². The van der Waals surface area contributed by atoms with Crippen LogP contribution >= 0.6 is 11.8 Å². The Morgan fingerprint density at radius 1 is 1.03 bits per heavy atom. The Labute approximate surface area is 175 Å². The van der Waals surface area contributed by atoms with Gasteiger partial charge < -0.3 is 0 Å². The van der Waals surface area contributed by atoms with E-state index in [0.717, 1.165) is 0 Å². The summed E-state index contributed by atoms with van der Waals surface area (Å²) >= 11 is 1.26. The Morgan fingerprint density at radius 3 is 2.67 bits per heavy atom. The highest BCUT2D eigenvalue weighted by molar-refractivity contribution is 8.13. The molecule has 3 aromatic rings. The highest BCUT2D eigenvalue weighted by atomic mass is 32.2. The van der Waals surface area contributed by atoms with Gasteiger partial charge in [0, 0.05) is 17.2 Å². The second-order valence-electron chi connectivity index (χ2n) is 6.71. The number of amides is 1. The molecule has 1 aromatic heterocycles. The smallest absolute Gasteiger partial charge is 0.276 e. The summed E-state index contributed by atoms with van der Waals surface area (Å²) in [7, 11) is 0. The van der Waals surface area contributed by atoms with Gasteiger partial charge in [0.25, 0.3) is 5.91 Å². The molecule has 2 aliphatic heterocycles. The number of pyridine rings is 1. The standard InChI is InChI=1S/C22H16FN5OS/c23-16-9-3-1-7-14(16)13-30-22-26-21(29)19-15-8-2-4-10-17(15)25-20(28(19)27-22)18-11-5-6-12-24-18/h1-12,20H,13H2,(H,26,27,29). The minimum Gasteiger partial charge on any atom is -0.298 e. The molecule has 3 heterocycles. The maximum absolute atomic E-state index is 14.0. The molecule has 1 N–H and O–H groups in total. The fourth-order valence-corrected chi connectivity index (χ4v) is 4.21. The van der Waals surface area contributed by atoms with Gasteiger partial charge in [0.2, 0.25) is 0 Å². The van der Waals surface area contributed by atoms with E-state index >= 15 is 0 Å². The summed E-state index contributed by atoms with van der Waals surface area (Å²) in [5.74, 6) is -0.214. The number of para-hydroxylation sites is 1. The first-order valence-electron chi connectivity index (χ1n) is 9.34. The van der Waals surface area contributed by atoms with Gasteiger partial charge in [-0.2, -0.15) is 0 Å². The van der Waals surface area contributed by atoms with Crippen LogP contribution in [0.1, 0.15) is 17.4 Å². The molecule has 0 spiro atoms. The number of halogens is 1. The molecular formula is C22H16FN5OS. The monoisotopic (exact) mass is 417 g/mol. The van der Waals surface area contributed by atoms with Gasteiger partial charge in [0.1, 0.15) is 11.5 Å². The third-order valence-electron chi connectivity index (χ3n) is 4.79. The zero-order valence-corrected chi connectivity index (χ0v) is 16.5. The first-order chi connectivity index (χ1) is 14.7.